The van der Waals surface area contributed by atoms with Gasteiger partial charge in [-0.05, 0) is 50.8 Å². The molecule has 1 spiro atoms. The van der Waals surface area contributed by atoms with Crippen molar-refractivity contribution in [2.24, 2.45) is 4.99 Å². The lowest BCUT2D eigenvalue weighted by Crippen LogP contribution is -2.45. The molecule has 0 aliphatic carbocycles. The minimum atomic E-state index is -0.149. The number of rotatable bonds is 5. The lowest BCUT2D eigenvalue weighted by molar-refractivity contribution is -0.0474. The third kappa shape index (κ3) is 3.62. The van der Waals surface area contributed by atoms with Gasteiger partial charge in [0.2, 0.25) is 0 Å². The first-order valence-corrected chi connectivity index (χ1v) is 9.24. The summed E-state index contributed by atoms with van der Waals surface area (Å²) in [6, 6.07) is 0. The Morgan fingerprint density at radius 1 is 1.33 bits per heavy atom. The molecule has 2 heterocycles. The fraction of sp³-hybridized carbons (Fsp3) is 0.571. The fourth-order valence-corrected chi connectivity index (χ4v) is 3.89. The molecule has 0 aromatic carbocycles. The molecule has 24 heavy (non-hydrogen) atoms. The van der Waals surface area contributed by atoms with E-state index in [1.165, 1.54) is 11.1 Å². The van der Waals surface area contributed by atoms with Crippen molar-refractivity contribution >= 4 is 6.21 Å². The summed E-state index contributed by atoms with van der Waals surface area (Å²) in [5.74, 6) is 0. The third-order valence-corrected chi connectivity index (χ3v) is 5.14. The van der Waals surface area contributed by atoms with Crippen molar-refractivity contribution in [1.82, 2.24) is 4.90 Å². The molecule has 0 amide bonds. The fourth-order valence-electron chi connectivity index (χ4n) is 3.89. The highest BCUT2D eigenvalue weighted by Gasteiger charge is 2.49. The zero-order valence-corrected chi connectivity index (χ0v) is 15.7. The van der Waals surface area contributed by atoms with Crippen LogP contribution in [0.1, 0.15) is 47.0 Å². The molecule has 2 saturated heterocycles. The minimum absolute atomic E-state index is 0.0643. The second-order valence-corrected chi connectivity index (χ2v) is 6.42. The van der Waals surface area contributed by atoms with E-state index in [1.807, 2.05) is 6.92 Å². The van der Waals surface area contributed by atoms with Crippen LogP contribution in [0, 0.1) is 0 Å². The highest BCUT2D eigenvalue weighted by molar-refractivity contribution is 5.71. The van der Waals surface area contributed by atoms with Gasteiger partial charge in [0.25, 0.3) is 0 Å². The molecular formula is C21H32N2O. The second-order valence-electron chi connectivity index (χ2n) is 6.42. The lowest BCUT2D eigenvalue weighted by atomic mass is 9.81. The van der Waals surface area contributed by atoms with Gasteiger partial charge in [-0.3, -0.25) is 4.99 Å². The lowest BCUT2D eigenvalue weighted by Gasteiger charge is -2.39. The Balaban J connectivity index is 2.38. The topological polar surface area (TPSA) is 24.8 Å². The summed E-state index contributed by atoms with van der Waals surface area (Å²) >= 11 is 0. The molecule has 3 heteroatoms. The van der Waals surface area contributed by atoms with Gasteiger partial charge >= 0.3 is 0 Å². The van der Waals surface area contributed by atoms with E-state index in [0.29, 0.717) is 0 Å². The van der Waals surface area contributed by atoms with Crippen LogP contribution in [0.5, 0.6) is 0 Å². The first-order valence-electron chi connectivity index (χ1n) is 9.24. The van der Waals surface area contributed by atoms with Crippen LogP contribution in [0.15, 0.2) is 52.7 Å². The van der Waals surface area contributed by atoms with E-state index < -0.39 is 0 Å². The largest absolute Gasteiger partial charge is 0.356 e. The van der Waals surface area contributed by atoms with E-state index in [1.54, 1.807) is 12.3 Å². The SMILES string of the molecule is C=CC=N/C(=C\C)C1OC2(CCN(CC)CC2)C(=C/C)/C1=C\CC. The average molecular weight is 328 g/mol. The van der Waals surface area contributed by atoms with Crippen LogP contribution >= 0.6 is 0 Å². The van der Waals surface area contributed by atoms with Crippen LogP contribution in [-0.2, 0) is 4.74 Å². The Bertz CT molecular complexity index is 560. The number of nitrogens with zero attached hydrogens (tertiary/aromatic N) is 2. The molecule has 1 atom stereocenters. The molecule has 2 aliphatic rings. The van der Waals surface area contributed by atoms with Crippen LogP contribution in [-0.4, -0.2) is 42.5 Å². The smallest absolute Gasteiger partial charge is 0.125 e. The van der Waals surface area contributed by atoms with E-state index in [2.05, 4.69) is 55.5 Å². The van der Waals surface area contributed by atoms with Gasteiger partial charge in [0.15, 0.2) is 0 Å². The van der Waals surface area contributed by atoms with Crippen LogP contribution in [0.25, 0.3) is 0 Å². The highest BCUT2D eigenvalue weighted by Crippen LogP contribution is 2.48. The normalized spacial score (nSPS) is 28.5. The van der Waals surface area contributed by atoms with Gasteiger partial charge in [0.05, 0.1) is 11.3 Å². The van der Waals surface area contributed by atoms with E-state index in [4.69, 9.17) is 4.74 Å². The van der Waals surface area contributed by atoms with Crippen molar-refractivity contribution in [3.63, 3.8) is 0 Å². The van der Waals surface area contributed by atoms with Crippen molar-refractivity contribution in [2.45, 2.75) is 58.7 Å². The molecule has 0 aromatic heterocycles. The molecule has 2 fully saturated rings. The Hall–Kier alpha value is -1.45. The third-order valence-electron chi connectivity index (χ3n) is 5.14. The monoisotopic (exact) mass is 328 g/mol. The molecule has 1 unspecified atom stereocenters. The number of piperidine rings is 1. The molecule has 3 nitrogen and oxygen atoms in total. The number of hydrogen-bond donors (Lipinski definition) is 0. The van der Waals surface area contributed by atoms with Gasteiger partial charge in [-0.2, -0.15) is 0 Å². The van der Waals surface area contributed by atoms with E-state index in [0.717, 1.165) is 44.6 Å². The van der Waals surface area contributed by atoms with Gasteiger partial charge in [-0.15, -0.1) is 0 Å². The minimum Gasteiger partial charge on any atom is -0.356 e. The standard InChI is InChI=1S/C21H32N2O/c1-6-11-17-18(8-3)21(12-15-23(10-5)16-13-21)24-20(17)19(9-4)22-14-7-2/h7-9,11,14,20H,2,6,10,12-13,15-16H2,1,3-5H3/b17-11+,18-8+,19-9-,22-14?. The Morgan fingerprint density at radius 2 is 2.04 bits per heavy atom. The zero-order valence-electron chi connectivity index (χ0n) is 15.7. The van der Waals surface area contributed by atoms with Gasteiger partial charge in [-0.1, -0.05) is 44.7 Å². The summed E-state index contributed by atoms with van der Waals surface area (Å²) in [6.45, 7) is 15.6. The van der Waals surface area contributed by atoms with Crippen molar-refractivity contribution in [2.75, 3.05) is 19.6 Å². The predicted octanol–water partition coefficient (Wildman–Crippen LogP) is 4.68. The maximum absolute atomic E-state index is 6.72. The molecule has 0 radical (unpaired) electrons. The molecule has 132 valence electrons. The maximum Gasteiger partial charge on any atom is 0.125 e. The number of likely N-dealkylation sites (tertiary alicyclic amines) is 1. The van der Waals surface area contributed by atoms with Gasteiger partial charge in [-0.25, -0.2) is 0 Å². The molecule has 0 saturated carbocycles. The number of hydrogen-bond acceptors (Lipinski definition) is 3. The summed E-state index contributed by atoms with van der Waals surface area (Å²) in [7, 11) is 0. The first-order chi connectivity index (χ1) is 11.7. The van der Waals surface area contributed by atoms with Crippen molar-refractivity contribution in [3.8, 4) is 0 Å². The van der Waals surface area contributed by atoms with E-state index >= 15 is 0 Å². The number of aliphatic imine (C=N–C) groups is 1. The van der Waals surface area contributed by atoms with Gasteiger partial charge < -0.3 is 9.64 Å². The van der Waals surface area contributed by atoms with Crippen molar-refractivity contribution < 1.29 is 4.74 Å². The van der Waals surface area contributed by atoms with Crippen LogP contribution in [0.4, 0.5) is 0 Å². The van der Waals surface area contributed by atoms with E-state index in [-0.39, 0.29) is 11.7 Å². The van der Waals surface area contributed by atoms with Crippen molar-refractivity contribution in [1.29, 1.82) is 0 Å². The Morgan fingerprint density at radius 3 is 2.54 bits per heavy atom. The molecule has 0 bridgehead atoms. The molecular weight excluding hydrogens is 296 g/mol. The molecule has 2 aliphatic heterocycles. The Labute approximate surface area is 147 Å². The van der Waals surface area contributed by atoms with Crippen LogP contribution in [0.2, 0.25) is 0 Å². The molecule has 0 N–H and O–H groups in total. The molecule has 0 aromatic rings. The van der Waals surface area contributed by atoms with Crippen LogP contribution < -0.4 is 0 Å². The highest BCUT2D eigenvalue weighted by atomic mass is 16.5. The van der Waals surface area contributed by atoms with Crippen LogP contribution in [0.3, 0.4) is 0 Å². The maximum atomic E-state index is 6.72. The van der Waals surface area contributed by atoms with Gasteiger partial charge in [0, 0.05) is 19.3 Å². The van der Waals surface area contributed by atoms with Gasteiger partial charge in [0.1, 0.15) is 6.10 Å². The van der Waals surface area contributed by atoms with E-state index in [9.17, 15) is 0 Å². The first kappa shape index (κ1) is 18.9. The summed E-state index contributed by atoms with van der Waals surface area (Å²) in [4.78, 5) is 7.07. The molecule has 2 rings (SSSR count). The number of allylic oxidation sites excluding steroid dienone is 4. The Kier molecular flexibility index (Phi) is 6.76. The predicted molar refractivity (Wildman–Crippen MR) is 104 cm³/mol. The zero-order chi connectivity index (χ0) is 17.6. The summed E-state index contributed by atoms with van der Waals surface area (Å²) in [5.41, 5.74) is 3.51. The average Bonchev–Trinajstić information content (AvgIpc) is 2.90. The quantitative estimate of drug-likeness (QED) is 0.684. The summed E-state index contributed by atoms with van der Waals surface area (Å²) in [5, 5.41) is 0. The number of ether oxygens (including phenoxy) is 1. The summed E-state index contributed by atoms with van der Waals surface area (Å²) in [6.07, 6.45) is 13.1. The second kappa shape index (κ2) is 8.59. The summed E-state index contributed by atoms with van der Waals surface area (Å²) < 4.78 is 6.72. The van der Waals surface area contributed by atoms with Crippen molar-refractivity contribution in [3.05, 3.63) is 47.7 Å².